The maximum Gasteiger partial charge on any atom is 0.173 e. The summed E-state index contributed by atoms with van der Waals surface area (Å²) in [6, 6.07) is 27.0. The van der Waals surface area contributed by atoms with Gasteiger partial charge in [0.25, 0.3) is 0 Å². The Hall–Kier alpha value is -2.81. The second kappa shape index (κ2) is 13.2. The average molecular weight is 645 g/mol. The Morgan fingerprint density at radius 2 is 1.47 bits per heavy atom. The summed E-state index contributed by atoms with van der Waals surface area (Å²) in [7, 11) is 0. The van der Waals surface area contributed by atoms with Crippen molar-refractivity contribution in [3.63, 3.8) is 0 Å². The summed E-state index contributed by atoms with van der Waals surface area (Å²) in [5, 5.41) is 0.400. The number of alkyl halides is 1. The van der Waals surface area contributed by atoms with Crippen molar-refractivity contribution in [2.75, 3.05) is 11.1 Å². The van der Waals surface area contributed by atoms with Gasteiger partial charge in [0.15, 0.2) is 5.78 Å². The highest BCUT2D eigenvalue weighted by Crippen LogP contribution is 2.20. The van der Waals surface area contributed by atoms with Gasteiger partial charge in [-0.05, 0) is 56.1 Å². The number of nitrogen functional groups attached to an aromatic ring is 1. The highest BCUT2D eigenvalue weighted by molar-refractivity contribution is 9.10. The topological polar surface area (TPSA) is 73.3 Å². The molecule has 0 fully saturated rings. The number of hydrogen-bond donors (Lipinski definition) is 1. The number of pyridine rings is 2. The molecule has 0 bridgehead atoms. The van der Waals surface area contributed by atoms with Crippen molar-refractivity contribution in [2.45, 2.75) is 0 Å². The number of benzene rings is 2. The van der Waals surface area contributed by atoms with Gasteiger partial charge < -0.3 is 10.1 Å². The molecule has 3 aromatic heterocycles. The zero-order valence-electron chi connectivity index (χ0n) is 18.0. The van der Waals surface area contributed by atoms with Crippen LogP contribution in [0.15, 0.2) is 112 Å². The summed E-state index contributed by atoms with van der Waals surface area (Å²) in [5.41, 5.74) is 9.16. The number of aromatic nitrogens is 3. The minimum atomic E-state index is 0.126. The number of carbonyl (C=O) groups excluding carboxylic acids is 1. The Balaban J connectivity index is 0.000000155. The van der Waals surface area contributed by atoms with Gasteiger partial charge in [0, 0.05) is 38.7 Å². The van der Waals surface area contributed by atoms with E-state index < -0.39 is 0 Å². The number of anilines is 1. The molecular formula is C26H21Br3N4O. The molecule has 0 saturated heterocycles. The van der Waals surface area contributed by atoms with Crippen molar-refractivity contribution in [3.05, 3.63) is 118 Å². The molecule has 0 atom stereocenters. The Kier molecular flexibility index (Phi) is 10.00. The van der Waals surface area contributed by atoms with Crippen LogP contribution in [0.5, 0.6) is 0 Å². The largest absolute Gasteiger partial charge is 0.384 e. The molecule has 0 aliphatic rings. The Labute approximate surface area is 223 Å². The molecule has 0 amide bonds. The molecule has 0 radical (unpaired) electrons. The summed E-state index contributed by atoms with van der Waals surface area (Å²) in [5.74, 6) is 0.675. The number of hydrogen-bond acceptors (Lipinski definition) is 4. The minimum absolute atomic E-state index is 0.126. The minimum Gasteiger partial charge on any atom is -0.384 e. The number of halogens is 3. The monoisotopic (exact) mass is 642 g/mol. The molecule has 8 heteroatoms. The summed E-state index contributed by atoms with van der Waals surface area (Å²) in [6.45, 7) is 0. The van der Waals surface area contributed by atoms with Crippen LogP contribution in [0.4, 0.5) is 5.82 Å². The number of carbonyl (C=O) groups is 1. The third-order valence-corrected chi connectivity index (χ3v) is 5.90. The van der Waals surface area contributed by atoms with Gasteiger partial charge in [-0.1, -0.05) is 76.6 Å². The lowest BCUT2D eigenvalue weighted by atomic mass is 10.2. The van der Waals surface area contributed by atoms with Crippen LogP contribution in [0.3, 0.4) is 0 Å². The normalized spacial score (nSPS) is 9.97. The van der Waals surface area contributed by atoms with Crippen LogP contribution in [-0.2, 0) is 0 Å². The van der Waals surface area contributed by atoms with E-state index in [1.807, 2.05) is 83.5 Å². The predicted molar refractivity (Wildman–Crippen MR) is 149 cm³/mol. The van der Waals surface area contributed by atoms with Crippen molar-refractivity contribution in [1.82, 2.24) is 14.4 Å². The first-order valence-corrected chi connectivity index (χ1v) is 12.9. The van der Waals surface area contributed by atoms with Gasteiger partial charge in [0.05, 0.1) is 11.0 Å². The lowest BCUT2D eigenvalue weighted by molar-refractivity contribution is 0.102. The van der Waals surface area contributed by atoms with Crippen molar-refractivity contribution in [2.24, 2.45) is 0 Å². The first kappa shape index (κ1) is 25.8. The summed E-state index contributed by atoms with van der Waals surface area (Å²) in [6.07, 6.45) is 5.71. The molecule has 0 aliphatic carbocycles. The van der Waals surface area contributed by atoms with Crippen molar-refractivity contribution >= 4 is 65.0 Å². The van der Waals surface area contributed by atoms with Gasteiger partial charge in [-0.15, -0.1) is 0 Å². The molecule has 0 spiro atoms. The van der Waals surface area contributed by atoms with Crippen LogP contribution in [0.1, 0.15) is 10.4 Å². The highest BCUT2D eigenvalue weighted by Gasteiger charge is 2.03. The molecule has 5 aromatic rings. The number of fused-ring (bicyclic) bond motifs is 1. The van der Waals surface area contributed by atoms with Crippen LogP contribution < -0.4 is 5.73 Å². The van der Waals surface area contributed by atoms with E-state index in [1.54, 1.807) is 12.3 Å². The van der Waals surface area contributed by atoms with E-state index in [2.05, 4.69) is 69.9 Å². The van der Waals surface area contributed by atoms with E-state index in [-0.39, 0.29) is 5.78 Å². The Morgan fingerprint density at radius 1 is 0.824 bits per heavy atom. The van der Waals surface area contributed by atoms with Gasteiger partial charge >= 0.3 is 0 Å². The highest BCUT2D eigenvalue weighted by atomic mass is 79.9. The van der Waals surface area contributed by atoms with E-state index in [0.29, 0.717) is 11.1 Å². The summed E-state index contributed by atoms with van der Waals surface area (Å²) in [4.78, 5) is 19.3. The van der Waals surface area contributed by atoms with Gasteiger partial charge in [0.2, 0.25) is 0 Å². The number of Topliss-reactive ketones (excluding diaryl/α,β-unsaturated/α-hetero) is 1. The second-order valence-electron chi connectivity index (χ2n) is 6.93. The van der Waals surface area contributed by atoms with Crippen molar-refractivity contribution in [1.29, 1.82) is 0 Å². The van der Waals surface area contributed by atoms with E-state index in [1.165, 1.54) is 0 Å². The first-order chi connectivity index (χ1) is 16.5. The molecule has 0 unspecified atom stereocenters. The van der Waals surface area contributed by atoms with Gasteiger partial charge in [0.1, 0.15) is 11.5 Å². The number of imidazole rings is 1. The molecular weight excluding hydrogens is 624 g/mol. The fraction of sp³-hybridized carbons (Fsp3) is 0.0385. The lowest BCUT2D eigenvalue weighted by Gasteiger charge is -1.92. The van der Waals surface area contributed by atoms with Gasteiger partial charge in [-0.2, -0.15) is 0 Å². The standard InChI is InChI=1S/C13H9BrN2.C8H7BrO.C5H5BrN2/c14-11-6-7-13-15-12(9-16(13)8-11)10-4-2-1-3-5-10;9-6-8(10)7-4-2-1-3-5-7;6-4-1-2-5(7)8-3-4/h1-9H;1-5H,6H2;1-3H,(H2,7,8). The summed E-state index contributed by atoms with van der Waals surface area (Å²) >= 11 is 9.78. The maximum absolute atomic E-state index is 11.0. The quantitative estimate of drug-likeness (QED) is 0.164. The number of rotatable bonds is 3. The zero-order valence-corrected chi connectivity index (χ0v) is 22.7. The SMILES string of the molecule is Brc1ccc2nc(-c3ccccc3)cn2c1.Nc1ccc(Br)cn1.O=C(CBr)c1ccccc1. The van der Waals surface area contributed by atoms with Gasteiger partial charge in [-0.3, -0.25) is 4.79 Å². The molecule has 0 aliphatic heterocycles. The van der Waals surface area contributed by atoms with Crippen LogP contribution in [-0.4, -0.2) is 25.5 Å². The number of nitrogens with two attached hydrogens (primary N) is 1. The van der Waals surface area contributed by atoms with Crippen LogP contribution >= 0.6 is 47.8 Å². The number of ketones is 1. The number of nitrogens with zero attached hydrogens (tertiary/aromatic N) is 3. The van der Waals surface area contributed by atoms with Crippen LogP contribution in [0, 0.1) is 0 Å². The van der Waals surface area contributed by atoms with Crippen LogP contribution in [0.2, 0.25) is 0 Å². The van der Waals surface area contributed by atoms with Gasteiger partial charge in [-0.25, -0.2) is 9.97 Å². The molecule has 2 N–H and O–H groups in total. The molecule has 3 heterocycles. The second-order valence-corrected chi connectivity index (χ2v) is 9.32. The summed E-state index contributed by atoms with van der Waals surface area (Å²) < 4.78 is 4.02. The Bertz CT molecular complexity index is 1300. The molecule has 0 saturated carbocycles. The molecule has 5 rings (SSSR count). The Morgan fingerprint density at radius 3 is 2.06 bits per heavy atom. The predicted octanol–water partition coefficient (Wildman–Crippen LogP) is 7.45. The van der Waals surface area contributed by atoms with Crippen molar-refractivity contribution < 1.29 is 4.79 Å². The zero-order chi connectivity index (χ0) is 24.3. The first-order valence-electron chi connectivity index (χ1n) is 10.2. The van der Waals surface area contributed by atoms with E-state index in [9.17, 15) is 4.79 Å². The molecule has 2 aromatic carbocycles. The van der Waals surface area contributed by atoms with Crippen molar-refractivity contribution in [3.8, 4) is 11.3 Å². The third kappa shape index (κ3) is 7.90. The molecule has 34 heavy (non-hydrogen) atoms. The fourth-order valence-corrected chi connectivity index (χ4v) is 3.71. The smallest absolute Gasteiger partial charge is 0.173 e. The lowest BCUT2D eigenvalue weighted by Crippen LogP contribution is -1.98. The fourth-order valence-electron chi connectivity index (χ4n) is 2.80. The molecule has 172 valence electrons. The third-order valence-electron chi connectivity index (χ3n) is 4.45. The molecule has 5 nitrogen and oxygen atoms in total. The maximum atomic E-state index is 11.0. The van der Waals surface area contributed by atoms with E-state index >= 15 is 0 Å². The van der Waals surface area contributed by atoms with E-state index in [0.717, 1.165) is 31.4 Å². The van der Waals surface area contributed by atoms with Crippen LogP contribution in [0.25, 0.3) is 16.9 Å². The average Bonchev–Trinajstić information content (AvgIpc) is 3.30. The van der Waals surface area contributed by atoms with E-state index in [4.69, 9.17) is 5.73 Å².